The third-order valence-corrected chi connectivity index (χ3v) is 4.02. The summed E-state index contributed by atoms with van der Waals surface area (Å²) in [6, 6.07) is 15.7. The van der Waals surface area contributed by atoms with Crippen LogP contribution in [0.25, 0.3) is 0 Å². The van der Waals surface area contributed by atoms with E-state index in [2.05, 4.69) is 40.5 Å². The van der Waals surface area contributed by atoms with Crippen LogP contribution in [0.1, 0.15) is 41.3 Å². The number of carbonyl (C=O) groups excluding carboxylic acids is 1. The zero-order chi connectivity index (χ0) is 18.5. The SMILES string of the molecule is Cc1cccc(NC(=O)c2cnc(Nc3ccccc3C(C)C)nc2)c1. The van der Waals surface area contributed by atoms with Gasteiger partial charge >= 0.3 is 0 Å². The average Bonchev–Trinajstić information content (AvgIpc) is 2.62. The van der Waals surface area contributed by atoms with Crippen molar-refractivity contribution in [3.05, 3.63) is 77.6 Å². The van der Waals surface area contributed by atoms with E-state index < -0.39 is 0 Å². The van der Waals surface area contributed by atoms with Gasteiger partial charge in [0.05, 0.1) is 5.56 Å². The normalized spacial score (nSPS) is 10.6. The largest absolute Gasteiger partial charge is 0.324 e. The van der Waals surface area contributed by atoms with Crippen molar-refractivity contribution in [1.82, 2.24) is 9.97 Å². The summed E-state index contributed by atoms with van der Waals surface area (Å²) in [6.45, 7) is 6.26. The molecule has 0 aliphatic heterocycles. The Morgan fingerprint density at radius 1 is 1.00 bits per heavy atom. The van der Waals surface area contributed by atoms with Crippen molar-refractivity contribution in [3.63, 3.8) is 0 Å². The van der Waals surface area contributed by atoms with Gasteiger partial charge in [-0.25, -0.2) is 9.97 Å². The second-order valence-electron chi connectivity index (χ2n) is 6.49. The monoisotopic (exact) mass is 346 g/mol. The number of nitrogens with one attached hydrogen (secondary N) is 2. The van der Waals surface area contributed by atoms with Gasteiger partial charge in [0.25, 0.3) is 5.91 Å². The molecule has 0 aliphatic rings. The van der Waals surface area contributed by atoms with Gasteiger partial charge in [0.15, 0.2) is 0 Å². The number of aromatic nitrogens is 2. The molecule has 2 N–H and O–H groups in total. The zero-order valence-corrected chi connectivity index (χ0v) is 15.2. The molecule has 2 aromatic carbocycles. The fraction of sp³-hybridized carbons (Fsp3) is 0.190. The second kappa shape index (κ2) is 7.78. The number of hydrogen-bond donors (Lipinski definition) is 2. The summed E-state index contributed by atoms with van der Waals surface area (Å²) >= 11 is 0. The van der Waals surface area contributed by atoms with Crippen LogP contribution in [0.4, 0.5) is 17.3 Å². The Hall–Kier alpha value is -3.21. The molecule has 1 aromatic heterocycles. The van der Waals surface area contributed by atoms with Crippen LogP contribution in [-0.2, 0) is 0 Å². The van der Waals surface area contributed by atoms with Crippen LogP contribution in [0, 0.1) is 6.92 Å². The molecule has 0 saturated heterocycles. The molecule has 0 fully saturated rings. The molecule has 1 heterocycles. The summed E-state index contributed by atoms with van der Waals surface area (Å²) in [4.78, 5) is 20.9. The summed E-state index contributed by atoms with van der Waals surface area (Å²) in [5.41, 5.74) is 4.41. The van der Waals surface area contributed by atoms with E-state index in [1.165, 1.54) is 18.0 Å². The number of nitrogens with zero attached hydrogens (tertiary/aromatic N) is 2. The van der Waals surface area contributed by atoms with E-state index in [0.29, 0.717) is 17.4 Å². The molecular weight excluding hydrogens is 324 g/mol. The van der Waals surface area contributed by atoms with Gasteiger partial charge in [0, 0.05) is 23.8 Å². The zero-order valence-electron chi connectivity index (χ0n) is 15.2. The Bertz CT molecular complexity index is 904. The van der Waals surface area contributed by atoms with Crippen molar-refractivity contribution in [1.29, 1.82) is 0 Å². The lowest BCUT2D eigenvalue weighted by Gasteiger charge is -2.13. The molecule has 132 valence electrons. The summed E-state index contributed by atoms with van der Waals surface area (Å²) in [5.74, 6) is 0.619. The molecule has 0 aliphatic carbocycles. The standard InChI is InChI=1S/C21H22N4O/c1-14(2)18-9-4-5-10-19(18)25-21-22-12-16(13-23-21)20(26)24-17-8-6-7-15(3)11-17/h4-14H,1-3H3,(H,24,26)(H,22,23,25). The second-order valence-corrected chi connectivity index (χ2v) is 6.49. The number of rotatable bonds is 5. The molecule has 0 saturated carbocycles. The fourth-order valence-corrected chi connectivity index (χ4v) is 2.67. The summed E-state index contributed by atoms with van der Waals surface area (Å²) in [6.07, 6.45) is 3.05. The molecule has 3 aromatic rings. The van der Waals surface area contributed by atoms with Crippen molar-refractivity contribution >= 4 is 23.2 Å². The van der Waals surface area contributed by atoms with Crippen LogP contribution in [0.2, 0.25) is 0 Å². The lowest BCUT2D eigenvalue weighted by Crippen LogP contribution is -2.13. The first-order chi connectivity index (χ1) is 12.5. The average molecular weight is 346 g/mol. The van der Waals surface area contributed by atoms with Crippen LogP contribution >= 0.6 is 0 Å². The molecule has 5 nitrogen and oxygen atoms in total. The molecule has 0 radical (unpaired) electrons. The minimum atomic E-state index is -0.232. The lowest BCUT2D eigenvalue weighted by atomic mass is 10.0. The smallest absolute Gasteiger partial charge is 0.258 e. The molecule has 0 bridgehead atoms. The molecule has 0 spiro atoms. The predicted octanol–water partition coefficient (Wildman–Crippen LogP) is 4.90. The first-order valence-corrected chi connectivity index (χ1v) is 8.59. The maximum atomic E-state index is 12.3. The number of hydrogen-bond acceptors (Lipinski definition) is 4. The van der Waals surface area contributed by atoms with Crippen molar-refractivity contribution in [3.8, 4) is 0 Å². The molecule has 0 unspecified atom stereocenters. The highest BCUT2D eigenvalue weighted by molar-refractivity contribution is 6.03. The third kappa shape index (κ3) is 4.25. The first kappa shape index (κ1) is 17.6. The maximum absolute atomic E-state index is 12.3. The van der Waals surface area contributed by atoms with Gasteiger partial charge in [-0.2, -0.15) is 0 Å². The molecule has 3 rings (SSSR count). The van der Waals surface area contributed by atoms with Gasteiger partial charge in [-0.3, -0.25) is 4.79 Å². The topological polar surface area (TPSA) is 66.9 Å². The maximum Gasteiger partial charge on any atom is 0.258 e. The Balaban J connectivity index is 1.71. The number of para-hydroxylation sites is 1. The Labute approximate surface area is 153 Å². The Morgan fingerprint density at radius 3 is 2.42 bits per heavy atom. The quantitative estimate of drug-likeness (QED) is 0.689. The van der Waals surface area contributed by atoms with E-state index in [1.807, 2.05) is 49.4 Å². The molecule has 5 heteroatoms. The van der Waals surface area contributed by atoms with Gasteiger partial charge in [-0.1, -0.05) is 44.2 Å². The van der Waals surface area contributed by atoms with E-state index in [-0.39, 0.29) is 5.91 Å². The first-order valence-electron chi connectivity index (χ1n) is 8.59. The van der Waals surface area contributed by atoms with Crippen molar-refractivity contribution in [2.75, 3.05) is 10.6 Å². The number of aryl methyl sites for hydroxylation is 1. The van der Waals surface area contributed by atoms with Crippen LogP contribution in [0.5, 0.6) is 0 Å². The third-order valence-electron chi connectivity index (χ3n) is 4.02. The number of anilines is 3. The van der Waals surface area contributed by atoms with Crippen LogP contribution in [0.15, 0.2) is 60.9 Å². The van der Waals surface area contributed by atoms with Crippen LogP contribution in [-0.4, -0.2) is 15.9 Å². The molecular formula is C21H22N4O. The highest BCUT2D eigenvalue weighted by Crippen LogP contribution is 2.25. The Kier molecular flexibility index (Phi) is 5.27. The predicted molar refractivity (Wildman–Crippen MR) is 105 cm³/mol. The van der Waals surface area contributed by atoms with Crippen LogP contribution < -0.4 is 10.6 Å². The minimum absolute atomic E-state index is 0.232. The van der Waals surface area contributed by atoms with E-state index in [4.69, 9.17) is 0 Å². The molecule has 26 heavy (non-hydrogen) atoms. The lowest BCUT2D eigenvalue weighted by molar-refractivity contribution is 0.102. The molecule has 1 amide bonds. The van der Waals surface area contributed by atoms with E-state index in [0.717, 1.165) is 16.9 Å². The minimum Gasteiger partial charge on any atom is -0.324 e. The summed E-state index contributed by atoms with van der Waals surface area (Å²) in [7, 11) is 0. The van der Waals surface area contributed by atoms with Gasteiger partial charge in [0.2, 0.25) is 5.95 Å². The fourth-order valence-electron chi connectivity index (χ4n) is 2.67. The van der Waals surface area contributed by atoms with Gasteiger partial charge in [0.1, 0.15) is 0 Å². The van der Waals surface area contributed by atoms with Gasteiger partial charge < -0.3 is 10.6 Å². The molecule has 0 atom stereocenters. The van der Waals surface area contributed by atoms with Gasteiger partial charge in [-0.15, -0.1) is 0 Å². The summed E-state index contributed by atoms with van der Waals surface area (Å²) in [5, 5.41) is 6.08. The van der Waals surface area contributed by atoms with E-state index >= 15 is 0 Å². The van der Waals surface area contributed by atoms with E-state index in [1.54, 1.807) is 0 Å². The highest BCUT2D eigenvalue weighted by Gasteiger charge is 2.10. The number of carbonyl (C=O) groups is 1. The van der Waals surface area contributed by atoms with Crippen molar-refractivity contribution in [2.45, 2.75) is 26.7 Å². The van der Waals surface area contributed by atoms with E-state index in [9.17, 15) is 4.79 Å². The number of amides is 1. The van der Waals surface area contributed by atoms with Gasteiger partial charge in [-0.05, 0) is 42.2 Å². The summed E-state index contributed by atoms with van der Waals surface area (Å²) < 4.78 is 0. The van der Waals surface area contributed by atoms with Crippen molar-refractivity contribution in [2.24, 2.45) is 0 Å². The van der Waals surface area contributed by atoms with Crippen molar-refractivity contribution < 1.29 is 4.79 Å². The Morgan fingerprint density at radius 2 is 1.73 bits per heavy atom. The van der Waals surface area contributed by atoms with Crippen LogP contribution in [0.3, 0.4) is 0 Å². The highest BCUT2D eigenvalue weighted by atomic mass is 16.1. The number of benzene rings is 2.